The Bertz CT molecular complexity index is 530. The summed E-state index contributed by atoms with van der Waals surface area (Å²) in [5.74, 6) is -7.84. The van der Waals surface area contributed by atoms with Gasteiger partial charge in [0.15, 0.2) is 0 Å². The van der Waals surface area contributed by atoms with Crippen molar-refractivity contribution in [2.24, 2.45) is 5.92 Å². The summed E-state index contributed by atoms with van der Waals surface area (Å²) in [6.07, 6.45) is 0.153. The third-order valence-electron chi connectivity index (χ3n) is 3.30. The van der Waals surface area contributed by atoms with E-state index < -0.39 is 35.1 Å². The Morgan fingerprint density at radius 1 is 1.25 bits per heavy atom. The lowest BCUT2D eigenvalue weighted by atomic mass is 10.1. The molecule has 4 nitrogen and oxygen atoms in total. The number of aliphatic carboxylic acids is 1. The molecule has 1 aliphatic heterocycles. The number of alkyl halides is 2. The molecule has 0 aliphatic carbocycles. The highest BCUT2D eigenvalue weighted by atomic mass is 19.3. The fraction of sp³-hybridized carbons (Fsp3) is 0.385. The fourth-order valence-electron chi connectivity index (χ4n) is 2.13. The van der Waals surface area contributed by atoms with Crippen LogP contribution < -0.4 is 0 Å². The quantitative estimate of drug-likeness (QED) is 0.923. The predicted molar refractivity (Wildman–Crippen MR) is 62.6 cm³/mol. The lowest BCUT2D eigenvalue weighted by molar-refractivity contribution is -0.158. The van der Waals surface area contributed by atoms with Crippen molar-refractivity contribution in [3.05, 3.63) is 35.6 Å². The Morgan fingerprint density at radius 2 is 1.85 bits per heavy atom. The first-order valence-corrected chi connectivity index (χ1v) is 5.98. The second kappa shape index (κ2) is 5.15. The molecule has 2 rings (SSSR count). The summed E-state index contributed by atoms with van der Waals surface area (Å²) in [5.41, 5.74) is -0.609. The third-order valence-corrected chi connectivity index (χ3v) is 3.30. The summed E-state index contributed by atoms with van der Waals surface area (Å²) in [5, 5.41) is 8.80. The highest BCUT2D eigenvalue weighted by Gasteiger charge is 2.46. The maximum absolute atomic E-state index is 14.0. The maximum Gasteiger partial charge on any atom is 0.349 e. The molecular weight excluding hydrogens is 275 g/mol. The number of likely N-dealkylation sites (tertiary alicyclic amines) is 1. The van der Waals surface area contributed by atoms with Crippen molar-refractivity contribution in [1.82, 2.24) is 4.90 Å². The molecule has 0 radical (unpaired) electrons. The number of hydrogen-bond donors (Lipinski definition) is 1. The molecule has 108 valence electrons. The van der Waals surface area contributed by atoms with E-state index in [2.05, 4.69) is 0 Å². The molecule has 1 amide bonds. The van der Waals surface area contributed by atoms with Crippen LogP contribution in [0.5, 0.6) is 0 Å². The van der Waals surface area contributed by atoms with Gasteiger partial charge in [-0.2, -0.15) is 8.78 Å². The van der Waals surface area contributed by atoms with Crippen LogP contribution in [0.2, 0.25) is 0 Å². The smallest absolute Gasteiger partial charge is 0.349 e. The Morgan fingerprint density at radius 3 is 2.35 bits per heavy atom. The number of halogens is 3. The van der Waals surface area contributed by atoms with E-state index in [1.807, 2.05) is 0 Å². The summed E-state index contributed by atoms with van der Waals surface area (Å²) in [6, 6.07) is 3.39. The highest BCUT2D eigenvalue weighted by molar-refractivity contribution is 5.86. The largest absolute Gasteiger partial charge is 0.481 e. The van der Waals surface area contributed by atoms with Gasteiger partial charge >= 0.3 is 11.9 Å². The monoisotopic (exact) mass is 287 g/mol. The van der Waals surface area contributed by atoms with Crippen LogP contribution >= 0.6 is 0 Å². The summed E-state index contributed by atoms with van der Waals surface area (Å²) in [7, 11) is 0. The van der Waals surface area contributed by atoms with Gasteiger partial charge in [0.25, 0.3) is 5.91 Å². The number of carbonyl (C=O) groups is 2. The Kier molecular flexibility index (Phi) is 3.69. The van der Waals surface area contributed by atoms with Crippen LogP contribution in [0, 0.1) is 11.7 Å². The van der Waals surface area contributed by atoms with Gasteiger partial charge in [-0.25, -0.2) is 4.39 Å². The third kappa shape index (κ3) is 2.61. The van der Waals surface area contributed by atoms with Gasteiger partial charge in [-0.3, -0.25) is 9.59 Å². The number of hydrogen-bond acceptors (Lipinski definition) is 2. The molecule has 1 N–H and O–H groups in total. The fourth-order valence-corrected chi connectivity index (χ4v) is 2.13. The zero-order valence-corrected chi connectivity index (χ0v) is 10.4. The Balaban J connectivity index is 2.15. The van der Waals surface area contributed by atoms with Crippen molar-refractivity contribution in [1.29, 1.82) is 0 Å². The standard InChI is InChI=1S/C13H12F3NO3/c14-10-3-1-9(2-4-10)13(15,16)12(20)17-6-5-8(7-17)11(18)19/h1-4,8H,5-7H2,(H,18,19). The van der Waals surface area contributed by atoms with Gasteiger partial charge in [-0.1, -0.05) is 0 Å². The number of carboxylic acids is 1. The first kappa shape index (κ1) is 14.4. The van der Waals surface area contributed by atoms with Gasteiger partial charge in [0.05, 0.1) is 5.92 Å². The van der Waals surface area contributed by atoms with E-state index >= 15 is 0 Å². The molecule has 1 aromatic carbocycles. The first-order valence-electron chi connectivity index (χ1n) is 5.98. The molecule has 0 spiro atoms. The predicted octanol–water partition coefficient (Wildman–Crippen LogP) is 1.85. The number of benzene rings is 1. The Hall–Kier alpha value is -2.05. The molecule has 1 aliphatic rings. The van der Waals surface area contributed by atoms with Crippen molar-refractivity contribution in [2.75, 3.05) is 13.1 Å². The number of carbonyl (C=O) groups excluding carboxylic acids is 1. The molecule has 1 saturated heterocycles. The van der Waals surface area contributed by atoms with E-state index in [1.165, 1.54) is 0 Å². The maximum atomic E-state index is 14.0. The molecule has 1 heterocycles. The van der Waals surface area contributed by atoms with Gasteiger partial charge in [-0.05, 0) is 30.7 Å². The van der Waals surface area contributed by atoms with E-state index in [4.69, 9.17) is 5.11 Å². The van der Waals surface area contributed by atoms with Crippen LogP contribution in [0.15, 0.2) is 24.3 Å². The van der Waals surface area contributed by atoms with Crippen molar-refractivity contribution >= 4 is 11.9 Å². The lowest BCUT2D eigenvalue weighted by Gasteiger charge is -2.23. The van der Waals surface area contributed by atoms with Gasteiger partial charge in [0.1, 0.15) is 5.82 Å². The summed E-state index contributed by atoms with van der Waals surface area (Å²) in [6.45, 7) is -0.252. The van der Waals surface area contributed by atoms with Crippen LogP contribution in [-0.2, 0) is 15.5 Å². The zero-order chi connectivity index (χ0) is 14.9. The SMILES string of the molecule is O=C(O)C1CCN(C(=O)C(F)(F)c2ccc(F)cc2)C1. The van der Waals surface area contributed by atoms with Gasteiger partial charge in [0.2, 0.25) is 0 Å². The minimum absolute atomic E-state index is 0.0212. The van der Waals surface area contributed by atoms with E-state index in [1.54, 1.807) is 0 Å². The number of nitrogens with zero attached hydrogens (tertiary/aromatic N) is 1. The second-order valence-corrected chi connectivity index (χ2v) is 4.66. The number of carboxylic acid groups (broad SMARTS) is 1. The van der Waals surface area contributed by atoms with Crippen LogP contribution in [0.4, 0.5) is 13.2 Å². The molecule has 0 aromatic heterocycles. The molecule has 20 heavy (non-hydrogen) atoms. The van der Waals surface area contributed by atoms with Crippen molar-refractivity contribution in [3.63, 3.8) is 0 Å². The van der Waals surface area contributed by atoms with E-state index in [0.717, 1.165) is 29.2 Å². The molecule has 0 bridgehead atoms. The van der Waals surface area contributed by atoms with Gasteiger partial charge in [-0.15, -0.1) is 0 Å². The molecule has 7 heteroatoms. The highest BCUT2D eigenvalue weighted by Crippen LogP contribution is 2.32. The molecule has 1 unspecified atom stereocenters. The van der Waals surface area contributed by atoms with Crippen molar-refractivity contribution in [3.8, 4) is 0 Å². The van der Waals surface area contributed by atoms with Crippen LogP contribution in [-0.4, -0.2) is 35.0 Å². The van der Waals surface area contributed by atoms with Crippen molar-refractivity contribution in [2.45, 2.75) is 12.3 Å². The first-order chi connectivity index (χ1) is 9.32. The van der Waals surface area contributed by atoms with Gasteiger partial charge < -0.3 is 10.0 Å². The Labute approximate surface area is 112 Å². The minimum atomic E-state index is -3.79. The summed E-state index contributed by atoms with van der Waals surface area (Å²) in [4.78, 5) is 23.4. The van der Waals surface area contributed by atoms with Crippen molar-refractivity contribution < 1.29 is 27.9 Å². The van der Waals surface area contributed by atoms with E-state index in [9.17, 15) is 22.8 Å². The normalized spacial score (nSPS) is 19.1. The lowest BCUT2D eigenvalue weighted by Crippen LogP contribution is -2.41. The molecular formula is C13H12F3NO3. The second-order valence-electron chi connectivity index (χ2n) is 4.66. The minimum Gasteiger partial charge on any atom is -0.481 e. The number of amides is 1. The average Bonchev–Trinajstić information content (AvgIpc) is 2.88. The van der Waals surface area contributed by atoms with E-state index in [0.29, 0.717) is 0 Å². The summed E-state index contributed by atoms with van der Waals surface area (Å²) >= 11 is 0. The van der Waals surface area contributed by atoms with Crippen LogP contribution in [0.1, 0.15) is 12.0 Å². The molecule has 1 fully saturated rings. The zero-order valence-electron chi connectivity index (χ0n) is 10.4. The molecule has 1 aromatic rings. The number of rotatable bonds is 3. The van der Waals surface area contributed by atoms with Crippen LogP contribution in [0.25, 0.3) is 0 Å². The average molecular weight is 287 g/mol. The van der Waals surface area contributed by atoms with E-state index in [-0.39, 0.29) is 19.5 Å². The van der Waals surface area contributed by atoms with Crippen LogP contribution in [0.3, 0.4) is 0 Å². The molecule has 0 saturated carbocycles. The van der Waals surface area contributed by atoms with Gasteiger partial charge in [0, 0.05) is 18.7 Å². The topological polar surface area (TPSA) is 57.6 Å². The summed E-state index contributed by atoms with van der Waals surface area (Å²) < 4.78 is 40.7. The molecule has 1 atom stereocenters.